The van der Waals surface area contributed by atoms with Crippen LogP contribution < -0.4 is 21.5 Å². The third kappa shape index (κ3) is 1.98. The Morgan fingerprint density at radius 1 is 1.42 bits per heavy atom. The minimum atomic E-state index is -0.213. The number of ether oxygens (including phenoxy) is 2. The summed E-state index contributed by atoms with van der Waals surface area (Å²) in [5.41, 5.74) is 13.5. The third-order valence-corrected chi connectivity index (χ3v) is 3.84. The second kappa shape index (κ2) is 4.48. The number of carbonyl (C=O) groups is 1. The maximum Gasteiger partial charge on any atom is 0.262 e. The molecule has 6 nitrogen and oxygen atoms in total. The molecule has 2 aliphatic rings. The first-order valence-electron chi connectivity index (χ1n) is 6.25. The van der Waals surface area contributed by atoms with E-state index in [1.165, 1.54) is 0 Å². The fraction of sp³-hybridized carbons (Fsp3) is 0.462. The lowest BCUT2D eigenvalue weighted by Crippen LogP contribution is -2.54. The summed E-state index contributed by atoms with van der Waals surface area (Å²) in [5.74, 6) is 0.515. The van der Waals surface area contributed by atoms with E-state index >= 15 is 0 Å². The summed E-state index contributed by atoms with van der Waals surface area (Å²) >= 11 is 0. The van der Waals surface area contributed by atoms with Crippen LogP contribution in [0.25, 0.3) is 0 Å². The molecule has 2 heterocycles. The van der Waals surface area contributed by atoms with Crippen molar-refractivity contribution >= 4 is 11.6 Å². The molecule has 0 saturated carbocycles. The van der Waals surface area contributed by atoms with Gasteiger partial charge in [-0.15, -0.1) is 0 Å². The number of hydrogen-bond donors (Lipinski definition) is 3. The van der Waals surface area contributed by atoms with Crippen molar-refractivity contribution in [1.29, 1.82) is 0 Å². The van der Waals surface area contributed by atoms with E-state index in [-0.39, 0.29) is 24.0 Å². The van der Waals surface area contributed by atoms with Crippen LogP contribution in [0.15, 0.2) is 18.2 Å². The summed E-state index contributed by atoms with van der Waals surface area (Å²) in [5, 5.41) is 2.78. The number of nitrogens with two attached hydrogens (primary N) is 2. The van der Waals surface area contributed by atoms with Gasteiger partial charge >= 0.3 is 0 Å². The van der Waals surface area contributed by atoms with Crippen LogP contribution in [0.4, 0.5) is 5.69 Å². The van der Waals surface area contributed by atoms with Gasteiger partial charge in [0.05, 0.1) is 18.9 Å². The number of anilines is 1. The lowest BCUT2D eigenvalue weighted by atomic mass is 9.75. The normalized spacial score (nSPS) is 21.7. The molecule has 102 valence electrons. The molecule has 1 atom stereocenters. The van der Waals surface area contributed by atoms with Gasteiger partial charge in [-0.05, 0) is 17.7 Å². The quantitative estimate of drug-likeness (QED) is 0.712. The third-order valence-electron chi connectivity index (χ3n) is 3.84. The van der Waals surface area contributed by atoms with E-state index in [0.29, 0.717) is 31.2 Å². The second-order valence-corrected chi connectivity index (χ2v) is 5.13. The Bertz CT molecular complexity index is 508. The molecule has 0 radical (unpaired) electrons. The molecule has 1 aromatic carbocycles. The van der Waals surface area contributed by atoms with Gasteiger partial charge in [0.1, 0.15) is 5.75 Å². The van der Waals surface area contributed by atoms with Crippen LogP contribution in [0, 0.1) is 5.41 Å². The molecule has 19 heavy (non-hydrogen) atoms. The lowest BCUT2D eigenvalue weighted by molar-refractivity contribution is -0.121. The summed E-state index contributed by atoms with van der Waals surface area (Å²) in [6, 6.07) is 5.38. The first-order chi connectivity index (χ1) is 9.14. The van der Waals surface area contributed by atoms with Crippen molar-refractivity contribution in [3.05, 3.63) is 23.8 Å². The molecule has 2 aliphatic heterocycles. The van der Waals surface area contributed by atoms with Crippen LogP contribution in [0.1, 0.15) is 11.6 Å². The van der Waals surface area contributed by atoms with Crippen molar-refractivity contribution in [2.45, 2.75) is 6.04 Å². The summed E-state index contributed by atoms with van der Waals surface area (Å²) in [6.45, 7) is 1.68. The average Bonchev–Trinajstić information content (AvgIpc) is 2.37. The van der Waals surface area contributed by atoms with Gasteiger partial charge < -0.3 is 26.3 Å². The van der Waals surface area contributed by atoms with Crippen LogP contribution in [0.5, 0.6) is 5.75 Å². The standard InChI is InChI=1S/C13H17N3O3/c14-5-13(6-18-7-13)12(15)8-1-2-10-9(3-8)16-11(17)4-19-10/h1-3,12H,4-7,14-15H2,(H,16,17). The summed E-state index contributed by atoms with van der Waals surface area (Å²) in [7, 11) is 0. The van der Waals surface area contributed by atoms with E-state index in [2.05, 4.69) is 5.32 Å². The van der Waals surface area contributed by atoms with Gasteiger partial charge in [0.2, 0.25) is 0 Å². The minimum absolute atomic E-state index is 0.0545. The predicted octanol–water partition coefficient (Wildman–Crippen LogP) is -0.00740. The molecule has 1 fully saturated rings. The lowest BCUT2D eigenvalue weighted by Gasteiger charge is -2.45. The molecule has 5 N–H and O–H groups in total. The SMILES string of the molecule is NCC1(C(N)c2ccc3c(c2)NC(=O)CO3)COC1. The number of amides is 1. The number of benzene rings is 1. The zero-order chi connectivity index (χ0) is 13.5. The fourth-order valence-electron chi connectivity index (χ4n) is 2.44. The largest absolute Gasteiger partial charge is 0.482 e. The van der Waals surface area contributed by atoms with Gasteiger partial charge in [-0.3, -0.25) is 4.79 Å². The van der Waals surface area contributed by atoms with Crippen molar-refractivity contribution in [2.24, 2.45) is 16.9 Å². The van der Waals surface area contributed by atoms with Crippen molar-refractivity contribution in [1.82, 2.24) is 0 Å². The smallest absolute Gasteiger partial charge is 0.262 e. The monoisotopic (exact) mass is 263 g/mol. The number of nitrogens with one attached hydrogen (secondary N) is 1. The Morgan fingerprint density at radius 2 is 2.21 bits per heavy atom. The molecule has 0 bridgehead atoms. The summed E-state index contributed by atoms with van der Waals surface area (Å²) < 4.78 is 10.6. The molecule has 3 rings (SSSR count). The molecule has 1 aromatic rings. The highest BCUT2D eigenvalue weighted by molar-refractivity contribution is 5.95. The fourth-order valence-corrected chi connectivity index (χ4v) is 2.44. The predicted molar refractivity (Wildman–Crippen MR) is 69.8 cm³/mol. The molecule has 1 amide bonds. The van der Waals surface area contributed by atoms with E-state index < -0.39 is 0 Å². The highest BCUT2D eigenvalue weighted by atomic mass is 16.5. The van der Waals surface area contributed by atoms with Crippen molar-refractivity contribution in [3.8, 4) is 5.75 Å². The van der Waals surface area contributed by atoms with Crippen LogP contribution in [0.2, 0.25) is 0 Å². The molecular formula is C13H17N3O3. The Labute approximate surface area is 111 Å². The second-order valence-electron chi connectivity index (χ2n) is 5.13. The molecular weight excluding hydrogens is 246 g/mol. The van der Waals surface area contributed by atoms with Gasteiger partial charge in [-0.1, -0.05) is 6.07 Å². The maximum absolute atomic E-state index is 11.3. The topological polar surface area (TPSA) is 99.6 Å². The molecule has 0 aliphatic carbocycles. The number of fused-ring (bicyclic) bond motifs is 1. The summed E-state index contributed by atoms with van der Waals surface area (Å²) in [6.07, 6.45) is 0. The Kier molecular flexibility index (Phi) is 2.93. The van der Waals surface area contributed by atoms with E-state index in [9.17, 15) is 4.79 Å². The van der Waals surface area contributed by atoms with Gasteiger partial charge in [0.15, 0.2) is 6.61 Å². The number of rotatable bonds is 3. The Balaban J connectivity index is 1.89. The average molecular weight is 263 g/mol. The van der Waals surface area contributed by atoms with E-state index in [1.54, 1.807) is 0 Å². The van der Waals surface area contributed by atoms with Crippen LogP contribution >= 0.6 is 0 Å². The van der Waals surface area contributed by atoms with Crippen molar-refractivity contribution in [2.75, 3.05) is 31.7 Å². The summed E-state index contributed by atoms with van der Waals surface area (Å²) in [4.78, 5) is 11.3. The van der Waals surface area contributed by atoms with Crippen molar-refractivity contribution in [3.63, 3.8) is 0 Å². The zero-order valence-corrected chi connectivity index (χ0v) is 10.5. The Morgan fingerprint density at radius 3 is 2.84 bits per heavy atom. The van der Waals surface area contributed by atoms with E-state index in [0.717, 1.165) is 5.56 Å². The highest BCUT2D eigenvalue weighted by Crippen LogP contribution is 2.40. The first kappa shape index (κ1) is 12.4. The Hall–Kier alpha value is -1.63. The van der Waals surface area contributed by atoms with Crippen LogP contribution in [0.3, 0.4) is 0 Å². The minimum Gasteiger partial charge on any atom is -0.482 e. The highest BCUT2D eigenvalue weighted by Gasteiger charge is 2.43. The van der Waals surface area contributed by atoms with E-state index in [1.807, 2.05) is 18.2 Å². The van der Waals surface area contributed by atoms with Gasteiger partial charge in [-0.25, -0.2) is 0 Å². The van der Waals surface area contributed by atoms with Crippen LogP contribution in [-0.2, 0) is 9.53 Å². The molecule has 1 saturated heterocycles. The number of hydrogen-bond acceptors (Lipinski definition) is 5. The maximum atomic E-state index is 11.3. The van der Waals surface area contributed by atoms with Crippen molar-refractivity contribution < 1.29 is 14.3 Å². The van der Waals surface area contributed by atoms with Gasteiger partial charge in [0, 0.05) is 18.0 Å². The first-order valence-corrected chi connectivity index (χ1v) is 6.25. The number of carbonyl (C=O) groups excluding carboxylic acids is 1. The van der Waals surface area contributed by atoms with E-state index in [4.69, 9.17) is 20.9 Å². The van der Waals surface area contributed by atoms with Gasteiger partial charge in [0.25, 0.3) is 5.91 Å². The van der Waals surface area contributed by atoms with Gasteiger partial charge in [-0.2, -0.15) is 0 Å². The molecule has 0 aromatic heterocycles. The molecule has 6 heteroatoms. The molecule has 0 spiro atoms. The zero-order valence-electron chi connectivity index (χ0n) is 10.5. The van der Waals surface area contributed by atoms with Crippen LogP contribution in [-0.4, -0.2) is 32.3 Å². The molecule has 1 unspecified atom stereocenters.